The van der Waals surface area contributed by atoms with Crippen molar-refractivity contribution < 1.29 is 4.74 Å². The molecule has 0 aliphatic heterocycles. The fraction of sp³-hybridized carbons (Fsp3) is 0.562. The second-order valence-electron chi connectivity index (χ2n) is 5.58. The zero-order chi connectivity index (χ0) is 14.3. The van der Waals surface area contributed by atoms with Crippen molar-refractivity contribution in [1.29, 1.82) is 5.26 Å². The van der Waals surface area contributed by atoms with E-state index in [2.05, 4.69) is 24.4 Å². The summed E-state index contributed by atoms with van der Waals surface area (Å²) < 4.78 is 5.32. The number of hydrogen-bond donors (Lipinski definition) is 1. The number of nitriles is 1. The van der Waals surface area contributed by atoms with E-state index < -0.39 is 0 Å². The molecule has 1 rings (SSSR count). The molecule has 0 fully saturated rings. The molecule has 1 aromatic carbocycles. The maximum Gasteiger partial charge on any atom is 0.141 e. The maximum atomic E-state index is 8.95. The minimum atomic E-state index is -0.207. The van der Waals surface area contributed by atoms with Crippen LogP contribution in [0.5, 0.6) is 5.75 Å². The molecule has 0 saturated heterocycles. The summed E-state index contributed by atoms with van der Waals surface area (Å²) >= 11 is 0. The molecule has 0 aliphatic carbocycles. The van der Waals surface area contributed by atoms with Gasteiger partial charge in [-0.15, -0.1) is 0 Å². The summed E-state index contributed by atoms with van der Waals surface area (Å²) in [7, 11) is 1.69. The van der Waals surface area contributed by atoms with Gasteiger partial charge in [0.05, 0.1) is 24.3 Å². The molecule has 0 amide bonds. The molecule has 0 atom stereocenters. The van der Waals surface area contributed by atoms with Crippen LogP contribution in [-0.4, -0.2) is 13.7 Å². The van der Waals surface area contributed by atoms with E-state index in [-0.39, 0.29) is 5.41 Å². The molecule has 0 heterocycles. The van der Waals surface area contributed by atoms with Gasteiger partial charge in [-0.05, 0) is 51.3 Å². The highest BCUT2D eigenvalue weighted by atomic mass is 16.5. The van der Waals surface area contributed by atoms with Gasteiger partial charge in [-0.2, -0.15) is 5.26 Å². The van der Waals surface area contributed by atoms with Gasteiger partial charge in [0, 0.05) is 6.54 Å². The number of unbranched alkanes of at least 4 members (excludes halogenated alkanes) is 1. The second kappa shape index (κ2) is 7.04. The Hall–Kier alpha value is -1.69. The van der Waals surface area contributed by atoms with Crippen molar-refractivity contribution in [2.75, 3.05) is 19.0 Å². The predicted octanol–water partition coefficient (Wildman–Crippen LogP) is 4.14. The van der Waals surface area contributed by atoms with E-state index in [9.17, 15) is 0 Å². The van der Waals surface area contributed by atoms with Gasteiger partial charge in [0.2, 0.25) is 0 Å². The molecule has 19 heavy (non-hydrogen) atoms. The lowest BCUT2D eigenvalue weighted by molar-refractivity contribution is 0.415. The normalized spacial score (nSPS) is 10.9. The minimum Gasteiger partial charge on any atom is -0.495 e. The Labute approximate surface area is 116 Å². The third kappa shape index (κ3) is 5.21. The molecule has 0 bridgehead atoms. The largest absolute Gasteiger partial charge is 0.495 e. The molecule has 104 valence electrons. The van der Waals surface area contributed by atoms with E-state index in [1.807, 2.05) is 26.0 Å². The molecular formula is C16H24N2O. The molecule has 0 radical (unpaired) electrons. The molecule has 1 N–H and O–H groups in total. The van der Waals surface area contributed by atoms with Gasteiger partial charge in [-0.1, -0.05) is 12.5 Å². The molecule has 3 heteroatoms. The smallest absolute Gasteiger partial charge is 0.141 e. The standard InChI is InChI=1S/C16H24N2O/c1-13-7-8-15(19-4)14(11-13)18-10-6-5-9-16(2,3)12-17/h7-8,11,18H,5-6,9-10H2,1-4H3. The number of nitrogens with one attached hydrogen (secondary N) is 1. The van der Waals surface area contributed by atoms with Gasteiger partial charge in [0.15, 0.2) is 0 Å². The Morgan fingerprint density at radius 2 is 2.05 bits per heavy atom. The fourth-order valence-electron chi connectivity index (χ4n) is 1.93. The van der Waals surface area contributed by atoms with Crippen molar-refractivity contribution >= 4 is 5.69 Å². The van der Waals surface area contributed by atoms with Crippen molar-refractivity contribution in [3.63, 3.8) is 0 Å². The summed E-state index contributed by atoms with van der Waals surface area (Å²) in [5.74, 6) is 0.878. The molecular weight excluding hydrogens is 236 g/mol. The molecule has 1 aromatic rings. The number of benzene rings is 1. The van der Waals surface area contributed by atoms with Crippen LogP contribution in [0.25, 0.3) is 0 Å². The van der Waals surface area contributed by atoms with Gasteiger partial charge in [-0.25, -0.2) is 0 Å². The Morgan fingerprint density at radius 1 is 1.32 bits per heavy atom. The second-order valence-corrected chi connectivity index (χ2v) is 5.58. The van der Waals surface area contributed by atoms with Crippen molar-refractivity contribution in [2.45, 2.75) is 40.0 Å². The van der Waals surface area contributed by atoms with Crippen LogP contribution in [-0.2, 0) is 0 Å². The number of ether oxygens (including phenoxy) is 1. The van der Waals surface area contributed by atoms with Gasteiger partial charge < -0.3 is 10.1 Å². The van der Waals surface area contributed by atoms with Crippen molar-refractivity contribution in [3.8, 4) is 11.8 Å². The first kappa shape index (κ1) is 15.4. The molecule has 0 spiro atoms. The number of nitrogens with zero attached hydrogens (tertiary/aromatic N) is 1. The first-order valence-corrected chi connectivity index (χ1v) is 6.78. The lowest BCUT2D eigenvalue weighted by Gasteiger charge is -2.15. The van der Waals surface area contributed by atoms with E-state index in [1.54, 1.807) is 7.11 Å². The lowest BCUT2D eigenvalue weighted by Crippen LogP contribution is -2.09. The third-order valence-corrected chi connectivity index (χ3v) is 3.20. The molecule has 3 nitrogen and oxygen atoms in total. The van der Waals surface area contributed by atoms with E-state index in [1.165, 1.54) is 5.56 Å². The average Bonchev–Trinajstić information content (AvgIpc) is 2.38. The number of anilines is 1. The maximum absolute atomic E-state index is 8.95. The summed E-state index contributed by atoms with van der Waals surface area (Å²) in [6.07, 6.45) is 3.06. The zero-order valence-electron chi connectivity index (χ0n) is 12.4. The van der Waals surface area contributed by atoms with Gasteiger partial charge in [0.25, 0.3) is 0 Å². The van der Waals surface area contributed by atoms with Crippen LogP contribution in [0.3, 0.4) is 0 Å². The quantitative estimate of drug-likeness (QED) is 0.749. The highest BCUT2D eigenvalue weighted by Crippen LogP contribution is 2.26. The molecule has 0 unspecified atom stereocenters. The highest BCUT2D eigenvalue weighted by Gasteiger charge is 2.15. The van der Waals surface area contributed by atoms with Crippen molar-refractivity contribution in [2.24, 2.45) is 5.41 Å². The van der Waals surface area contributed by atoms with Crippen LogP contribution in [0.4, 0.5) is 5.69 Å². The van der Waals surface area contributed by atoms with E-state index in [0.29, 0.717) is 0 Å². The number of methoxy groups -OCH3 is 1. The van der Waals surface area contributed by atoms with Crippen LogP contribution >= 0.6 is 0 Å². The van der Waals surface area contributed by atoms with Gasteiger partial charge >= 0.3 is 0 Å². The molecule has 0 aromatic heterocycles. The Kier molecular flexibility index (Phi) is 5.69. The summed E-state index contributed by atoms with van der Waals surface area (Å²) in [5.41, 5.74) is 2.05. The minimum absolute atomic E-state index is 0.207. The van der Waals surface area contributed by atoms with Crippen LogP contribution in [0.15, 0.2) is 18.2 Å². The van der Waals surface area contributed by atoms with Crippen molar-refractivity contribution in [1.82, 2.24) is 0 Å². The number of rotatable bonds is 7. The summed E-state index contributed by atoms with van der Waals surface area (Å²) in [6, 6.07) is 8.45. The number of hydrogen-bond acceptors (Lipinski definition) is 3. The van der Waals surface area contributed by atoms with Crippen LogP contribution < -0.4 is 10.1 Å². The van der Waals surface area contributed by atoms with E-state index >= 15 is 0 Å². The first-order valence-electron chi connectivity index (χ1n) is 6.78. The monoisotopic (exact) mass is 260 g/mol. The molecule has 0 saturated carbocycles. The Morgan fingerprint density at radius 3 is 2.68 bits per heavy atom. The Balaban J connectivity index is 2.38. The third-order valence-electron chi connectivity index (χ3n) is 3.20. The van der Waals surface area contributed by atoms with Crippen molar-refractivity contribution in [3.05, 3.63) is 23.8 Å². The van der Waals surface area contributed by atoms with Gasteiger partial charge in [-0.3, -0.25) is 0 Å². The fourth-order valence-corrected chi connectivity index (χ4v) is 1.93. The van der Waals surface area contributed by atoms with Gasteiger partial charge in [0.1, 0.15) is 5.75 Å². The first-order chi connectivity index (χ1) is 8.98. The SMILES string of the molecule is COc1ccc(C)cc1NCCCCC(C)(C)C#N. The summed E-state index contributed by atoms with van der Waals surface area (Å²) in [5, 5.41) is 12.3. The van der Waals surface area contributed by atoms with E-state index in [4.69, 9.17) is 10.00 Å². The van der Waals surface area contributed by atoms with Crippen LogP contribution in [0.1, 0.15) is 38.7 Å². The lowest BCUT2D eigenvalue weighted by atomic mass is 9.89. The highest BCUT2D eigenvalue weighted by molar-refractivity contribution is 5.57. The van der Waals surface area contributed by atoms with Crippen LogP contribution in [0.2, 0.25) is 0 Å². The predicted molar refractivity (Wildman–Crippen MR) is 79.5 cm³/mol. The van der Waals surface area contributed by atoms with Crippen LogP contribution in [0, 0.1) is 23.7 Å². The summed E-state index contributed by atoms with van der Waals surface area (Å²) in [6.45, 7) is 6.95. The average molecular weight is 260 g/mol. The summed E-state index contributed by atoms with van der Waals surface area (Å²) in [4.78, 5) is 0. The Bertz CT molecular complexity index is 447. The molecule has 0 aliphatic rings. The van der Waals surface area contributed by atoms with E-state index in [0.717, 1.165) is 37.2 Å². The number of aryl methyl sites for hydroxylation is 1. The topological polar surface area (TPSA) is 45.0 Å². The zero-order valence-corrected chi connectivity index (χ0v) is 12.4.